The van der Waals surface area contributed by atoms with Crippen molar-refractivity contribution in [1.82, 2.24) is 4.90 Å². The SMILES string of the molecule is COC(=O)c1ccccc1OCC1CCCN(CCCC(=O)c2ccc(F)cc2)C1. The standard InChI is InChI=1S/C24H28FNO4/c1-29-24(28)21-7-2-3-9-23(21)30-17-18-6-4-14-26(16-18)15-5-8-22(27)19-10-12-20(25)13-11-19/h2-3,7,9-13,18H,4-6,8,14-17H2,1H3. The summed E-state index contributed by atoms with van der Waals surface area (Å²) in [7, 11) is 1.36. The summed E-state index contributed by atoms with van der Waals surface area (Å²) in [4.78, 5) is 26.5. The first-order chi connectivity index (χ1) is 14.6. The van der Waals surface area contributed by atoms with Crippen LogP contribution in [-0.2, 0) is 4.74 Å². The lowest BCUT2D eigenvalue weighted by Crippen LogP contribution is -2.38. The molecule has 0 aliphatic carbocycles. The minimum Gasteiger partial charge on any atom is -0.492 e. The average molecular weight is 413 g/mol. The number of hydrogen-bond acceptors (Lipinski definition) is 5. The van der Waals surface area contributed by atoms with Gasteiger partial charge in [0.05, 0.1) is 13.7 Å². The van der Waals surface area contributed by atoms with Gasteiger partial charge in [0, 0.05) is 24.4 Å². The quantitative estimate of drug-likeness (QED) is 0.451. The molecule has 1 unspecified atom stereocenters. The number of nitrogens with zero attached hydrogens (tertiary/aromatic N) is 1. The predicted molar refractivity (Wildman–Crippen MR) is 112 cm³/mol. The van der Waals surface area contributed by atoms with E-state index in [1.807, 2.05) is 6.07 Å². The Kier molecular flexibility index (Phi) is 7.97. The van der Waals surface area contributed by atoms with Crippen LogP contribution in [0.2, 0.25) is 0 Å². The second-order valence-electron chi connectivity index (χ2n) is 7.64. The van der Waals surface area contributed by atoms with E-state index in [1.54, 1.807) is 18.2 Å². The molecule has 1 saturated heterocycles. The van der Waals surface area contributed by atoms with Crippen molar-refractivity contribution in [2.24, 2.45) is 5.92 Å². The number of methoxy groups -OCH3 is 1. The van der Waals surface area contributed by atoms with Gasteiger partial charge in [-0.15, -0.1) is 0 Å². The molecule has 2 aromatic carbocycles. The van der Waals surface area contributed by atoms with Gasteiger partial charge < -0.3 is 14.4 Å². The maximum Gasteiger partial charge on any atom is 0.341 e. The smallest absolute Gasteiger partial charge is 0.341 e. The lowest BCUT2D eigenvalue weighted by molar-refractivity contribution is 0.0592. The predicted octanol–water partition coefficient (Wildman–Crippen LogP) is 4.37. The number of ketones is 1. The normalized spacial score (nSPS) is 16.8. The number of carbonyl (C=O) groups is 2. The molecule has 1 aliphatic rings. The van der Waals surface area contributed by atoms with Crippen molar-refractivity contribution in [2.75, 3.05) is 33.4 Å². The average Bonchev–Trinajstić information content (AvgIpc) is 2.78. The molecular weight excluding hydrogens is 385 g/mol. The van der Waals surface area contributed by atoms with Crippen LogP contribution in [-0.4, -0.2) is 50.0 Å². The highest BCUT2D eigenvalue weighted by Crippen LogP contribution is 2.23. The van der Waals surface area contributed by atoms with Crippen molar-refractivity contribution in [3.8, 4) is 5.75 Å². The molecule has 6 heteroatoms. The molecular formula is C24H28FNO4. The fourth-order valence-electron chi connectivity index (χ4n) is 3.81. The molecule has 0 saturated carbocycles. The van der Waals surface area contributed by atoms with E-state index in [-0.39, 0.29) is 11.6 Å². The molecule has 1 fully saturated rings. The van der Waals surface area contributed by atoms with Gasteiger partial charge in [-0.1, -0.05) is 12.1 Å². The number of rotatable bonds is 9. The first kappa shape index (κ1) is 22.0. The number of esters is 1. The number of benzene rings is 2. The Morgan fingerprint density at radius 3 is 2.67 bits per heavy atom. The number of Topliss-reactive ketones (excluding diaryl/α,β-unsaturated/α-hetero) is 1. The van der Waals surface area contributed by atoms with Crippen LogP contribution in [0.4, 0.5) is 4.39 Å². The lowest BCUT2D eigenvalue weighted by atomic mass is 9.98. The third kappa shape index (κ3) is 6.13. The zero-order valence-corrected chi connectivity index (χ0v) is 17.3. The van der Waals surface area contributed by atoms with E-state index in [0.717, 1.165) is 38.9 Å². The monoisotopic (exact) mass is 413 g/mol. The minimum absolute atomic E-state index is 0.0475. The Balaban J connectivity index is 1.44. The molecule has 1 atom stereocenters. The molecule has 160 valence electrons. The van der Waals surface area contributed by atoms with Crippen molar-refractivity contribution in [3.63, 3.8) is 0 Å². The van der Waals surface area contributed by atoms with Crippen LogP contribution in [0.15, 0.2) is 48.5 Å². The summed E-state index contributed by atoms with van der Waals surface area (Å²) >= 11 is 0. The number of likely N-dealkylation sites (tertiary alicyclic amines) is 1. The largest absolute Gasteiger partial charge is 0.492 e. The van der Waals surface area contributed by atoms with Crippen LogP contribution in [0.1, 0.15) is 46.4 Å². The summed E-state index contributed by atoms with van der Waals surface area (Å²) in [5.41, 5.74) is 0.998. The van der Waals surface area contributed by atoms with Gasteiger partial charge in [0.2, 0.25) is 0 Å². The van der Waals surface area contributed by atoms with E-state index in [0.29, 0.717) is 35.8 Å². The van der Waals surface area contributed by atoms with E-state index in [2.05, 4.69) is 4.90 Å². The molecule has 0 N–H and O–H groups in total. The van der Waals surface area contributed by atoms with E-state index in [4.69, 9.17) is 9.47 Å². The Hall–Kier alpha value is -2.73. The molecule has 2 aromatic rings. The molecule has 3 rings (SSSR count). The summed E-state index contributed by atoms with van der Waals surface area (Å²) in [5.74, 6) is 0.235. The lowest BCUT2D eigenvalue weighted by Gasteiger charge is -2.32. The molecule has 0 amide bonds. The van der Waals surface area contributed by atoms with Gasteiger partial charge in [0.15, 0.2) is 5.78 Å². The summed E-state index contributed by atoms with van der Waals surface area (Å²) < 4.78 is 23.7. The van der Waals surface area contributed by atoms with Crippen molar-refractivity contribution in [2.45, 2.75) is 25.7 Å². The first-order valence-corrected chi connectivity index (χ1v) is 10.4. The van der Waals surface area contributed by atoms with Gasteiger partial charge >= 0.3 is 5.97 Å². The molecule has 0 bridgehead atoms. The van der Waals surface area contributed by atoms with Crippen LogP contribution in [0.5, 0.6) is 5.75 Å². The molecule has 0 spiro atoms. The van der Waals surface area contributed by atoms with E-state index < -0.39 is 5.97 Å². The first-order valence-electron chi connectivity index (χ1n) is 10.4. The maximum atomic E-state index is 13.0. The molecule has 0 radical (unpaired) electrons. The van der Waals surface area contributed by atoms with Crippen LogP contribution in [0, 0.1) is 11.7 Å². The van der Waals surface area contributed by atoms with Gasteiger partial charge in [-0.3, -0.25) is 4.79 Å². The van der Waals surface area contributed by atoms with Crippen LogP contribution in [0.25, 0.3) is 0 Å². The summed E-state index contributed by atoms with van der Waals surface area (Å²) in [6.45, 7) is 3.31. The molecule has 5 nitrogen and oxygen atoms in total. The molecule has 0 aromatic heterocycles. The third-order valence-corrected chi connectivity index (χ3v) is 5.41. The van der Waals surface area contributed by atoms with Crippen molar-refractivity contribution in [1.29, 1.82) is 0 Å². The number of para-hydroxylation sites is 1. The summed E-state index contributed by atoms with van der Waals surface area (Å²) in [6, 6.07) is 12.8. The van der Waals surface area contributed by atoms with E-state index in [9.17, 15) is 14.0 Å². The van der Waals surface area contributed by atoms with Crippen molar-refractivity contribution in [3.05, 3.63) is 65.5 Å². The van der Waals surface area contributed by atoms with Crippen molar-refractivity contribution < 1.29 is 23.5 Å². The van der Waals surface area contributed by atoms with Crippen LogP contribution < -0.4 is 4.74 Å². The van der Waals surface area contributed by atoms with Crippen LogP contribution in [0.3, 0.4) is 0 Å². The Bertz CT molecular complexity index is 853. The van der Waals surface area contributed by atoms with Gasteiger partial charge in [0.1, 0.15) is 17.1 Å². The topological polar surface area (TPSA) is 55.8 Å². The fraction of sp³-hybridized carbons (Fsp3) is 0.417. The number of piperidine rings is 1. The van der Waals surface area contributed by atoms with Gasteiger partial charge in [-0.25, -0.2) is 9.18 Å². The zero-order valence-electron chi connectivity index (χ0n) is 17.3. The van der Waals surface area contributed by atoms with E-state index >= 15 is 0 Å². The second kappa shape index (κ2) is 10.9. The highest BCUT2D eigenvalue weighted by atomic mass is 19.1. The highest BCUT2D eigenvalue weighted by molar-refractivity contribution is 5.96. The van der Waals surface area contributed by atoms with Gasteiger partial charge in [-0.2, -0.15) is 0 Å². The summed E-state index contributed by atoms with van der Waals surface area (Å²) in [5, 5.41) is 0. The Labute approximate surface area is 176 Å². The van der Waals surface area contributed by atoms with Crippen molar-refractivity contribution >= 4 is 11.8 Å². The highest BCUT2D eigenvalue weighted by Gasteiger charge is 2.21. The number of ether oxygens (including phenoxy) is 2. The van der Waals surface area contributed by atoms with Gasteiger partial charge in [-0.05, 0) is 68.8 Å². The molecule has 1 heterocycles. The molecule has 30 heavy (non-hydrogen) atoms. The van der Waals surface area contributed by atoms with Crippen LogP contribution >= 0.6 is 0 Å². The number of halogens is 1. The third-order valence-electron chi connectivity index (χ3n) is 5.41. The van der Waals surface area contributed by atoms with E-state index in [1.165, 1.54) is 31.4 Å². The minimum atomic E-state index is -0.401. The van der Waals surface area contributed by atoms with Gasteiger partial charge in [0.25, 0.3) is 0 Å². The summed E-state index contributed by atoms with van der Waals surface area (Å²) in [6.07, 6.45) is 3.38. The number of carbonyl (C=O) groups excluding carboxylic acids is 2. The number of hydrogen-bond donors (Lipinski definition) is 0. The Morgan fingerprint density at radius 2 is 1.90 bits per heavy atom. The second-order valence-corrected chi connectivity index (χ2v) is 7.64. The molecule has 1 aliphatic heterocycles. The Morgan fingerprint density at radius 1 is 1.13 bits per heavy atom. The maximum absolute atomic E-state index is 13.0. The fourth-order valence-corrected chi connectivity index (χ4v) is 3.81. The zero-order chi connectivity index (χ0) is 21.3.